The van der Waals surface area contributed by atoms with E-state index < -0.39 is 0 Å². The standard InChI is InChI=1S/C13H19N5OS/c19-8-4-9-20-10-7-14-11-13-15-16-17-18(13)12-5-2-1-3-6-12/h1-3,5-6,14,19H,4,7-11H2. The van der Waals surface area contributed by atoms with Crippen LogP contribution in [0.3, 0.4) is 0 Å². The van der Waals surface area contributed by atoms with Crippen LogP contribution < -0.4 is 5.32 Å². The van der Waals surface area contributed by atoms with Gasteiger partial charge in [0.2, 0.25) is 0 Å². The largest absolute Gasteiger partial charge is 0.396 e. The minimum atomic E-state index is 0.270. The predicted molar refractivity (Wildman–Crippen MR) is 79.9 cm³/mol. The number of benzene rings is 1. The van der Waals surface area contributed by atoms with E-state index in [2.05, 4.69) is 20.8 Å². The maximum Gasteiger partial charge on any atom is 0.170 e. The molecular formula is C13H19N5OS. The van der Waals surface area contributed by atoms with E-state index >= 15 is 0 Å². The van der Waals surface area contributed by atoms with Crippen LogP contribution in [-0.2, 0) is 6.54 Å². The third kappa shape index (κ3) is 4.59. The molecule has 0 saturated carbocycles. The summed E-state index contributed by atoms with van der Waals surface area (Å²) >= 11 is 1.83. The molecule has 0 aliphatic heterocycles. The van der Waals surface area contributed by atoms with Crippen LogP contribution in [-0.4, -0.2) is 50.0 Å². The predicted octanol–water partition coefficient (Wildman–Crippen LogP) is 0.867. The number of rotatable bonds is 9. The fourth-order valence-corrected chi connectivity index (χ4v) is 2.52. The third-order valence-electron chi connectivity index (χ3n) is 2.69. The highest BCUT2D eigenvalue weighted by Gasteiger charge is 2.06. The quantitative estimate of drug-likeness (QED) is 0.668. The topological polar surface area (TPSA) is 75.9 Å². The number of tetrazole rings is 1. The van der Waals surface area contributed by atoms with E-state index in [-0.39, 0.29) is 6.61 Å². The minimum Gasteiger partial charge on any atom is -0.396 e. The van der Waals surface area contributed by atoms with Crippen LogP contribution in [0, 0.1) is 0 Å². The minimum absolute atomic E-state index is 0.270. The summed E-state index contributed by atoms with van der Waals surface area (Å²) in [7, 11) is 0. The Morgan fingerprint density at radius 2 is 2.05 bits per heavy atom. The Morgan fingerprint density at radius 3 is 2.85 bits per heavy atom. The zero-order valence-corrected chi connectivity index (χ0v) is 12.1. The monoisotopic (exact) mass is 293 g/mol. The summed E-state index contributed by atoms with van der Waals surface area (Å²) < 4.78 is 1.74. The molecule has 0 unspecified atom stereocenters. The van der Waals surface area contributed by atoms with Crippen molar-refractivity contribution in [3.8, 4) is 5.69 Å². The Labute approximate surface area is 122 Å². The van der Waals surface area contributed by atoms with Crippen LogP contribution in [0.1, 0.15) is 12.2 Å². The second kappa shape index (κ2) is 8.68. The number of nitrogens with zero attached hydrogens (tertiary/aromatic N) is 4. The maximum atomic E-state index is 8.68. The number of aliphatic hydroxyl groups excluding tert-OH is 1. The van der Waals surface area contributed by atoms with Gasteiger partial charge in [-0.1, -0.05) is 18.2 Å². The molecule has 0 saturated heterocycles. The van der Waals surface area contributed by atoms with Gasteiger partial charge < -0.3 is 10.4 Å². The van der Waals surface area contributed by atoms with Gasteiger partial charge in [-0.05, 0) is 34.7 Å². The molecule has 0 aliphatic rings. The first kappa shape index (κ1) is 15.0. The summed E-state index contributed by atoms with van der Waals surface area (Å²) in [5.74, 6) is 2.82. The molecule has 2 rings (SSSR count). The van der Waals surface area contributed by atoms with Crippen molar-refractivity contribution in [1.29, 1.82) is 0 Å². The van der Waals surface area contributed by atoms with E-state index in [1.54, 1.807) is 4.68 Å². The van der Waals surface area contributed by atoms with Crippen LogP contribution >= 0.6 is 11.8 Å². The third-order valence-corrected chi connectivity index (χ3v) is 3.76. The summed E-state index contributed by atoms with van der Waals surface area (Å²) in [6.07, 6.45) is 0.858. The molecular weight excluding hydrogens is 274 g/mol. The molecule has 6 nitrogen and oxygen atoms in total. The lowest BCUT2D eigenvalue weighted by Crippen LogP contribution is -2.19. The van der Waals surface area contributed by atoms with Gasteiger partial charge in [0, 0.05) is 18.9 Å². The normalized spacial score (nSPS) is 10.8. The van der Waals surface area contributed by atoms with Gasteiger partial charge in [-0.15, -0.1) is 5.10 Å². The Hall–Kier alpha value is -1.44. The number of hydrogen-bond donors (Lipinski definition) is 2. The molecule has 0 aliphatic carbocycles. The summed E-state index contributed by atoms with van der Waals surface area (Å²) in [5, 5.41) is 23.8. The Balaban J connectivity index is 1.76. The number of hydrogen-bond acceptors (Lipinski definition) is 6. The van der Waals surface area contributed by atoms with Crippen molar-refractivity contribution in [2.75, 3.05) is 24.7 Å². The van der Waals surface area contributed by atoms with Crippen LogP contribution in [0.5, 0.6) is 0 Å². The summed E-state index contributed by atoms with van der Waals surface area (Å²) in [4.78, 5) is 0. The fraction of sp³-hybridized carbons (Fsp3) is 0.462. The second-order valence-electron chi connectivity index (χ2n) is 4.21. The average Bonchev–Trinajstić information content (AvgIpc) is 2.96. The Bertz CT molecular complexity index is 491. The van der Waals surface area contributed by atoms with E-state index in [0.29, 0.717) is 6.54 Å². The van der Waals surface area contributed by atoms with E-state index in [0.717, 1.165) is 36.0 Å². The first-order valence-electron chi connectivity index (χ1n) is 6.64. The lowest BCUT2D eigenvalue weighted by Gasteiger charge is -2.06. The van der Waals surface area contributed by atoms with Crippen molar-refractivity contribution >= 4 is 11.8 Å². The SMILES string of the molecule is OCCCSCCNCc1nnnn1-c1ccccc1. The number of thioether (sulfide) groups is 1. The van der Waals surface area contributed by atoms with Gasteiger partial charge in [-0.3, -0.25) is 0 Å². The van der Waals surface area contributed by atoms with Gasteiger partial charge in [-0.25, -0.2) is 0 Å². The van der Waals surface area contributed by atoms with Gasteiger partial charge in [-0.2, -0.15) is 16.4 Å². The van der Waals surface area contributed by atoms with Gasteiger partial charge >= 0.3 is 0 Å². The lowest BCUT2D eigenvalue weighted by molar-refractivity contribution is 0.296. The first-order valence-corrected chi connectivity index (χ1v) is 7.79. The summed E-state index contributed by atoms with van der Waals surface area (Å²) in [5.41, 5.74) is 0.964. The number of aliphatic hydroxyl groups is 1. The highest BCUT2D eigenvalue weighted by Crippen LogP contribution is 2.06. The summed E-state index contributed by atoms with van der Waals surface area (Å²) in [6, 6.07) is 9.85. The van der Waals surface area contributed by atoms with Crippen molar-refractivity contribution in [2.45, 2.75) is 13.0 Å². The van der Waals surface area contributed by atoms with Crippen LogP contribution in [0.2, 0.25) is 0 Å². The number of nitrogens with one attached hydrogen (secondary N) is 1. The van der Waals surface area contributed by atoms with Crippen LogP contribution in [0.25, 0.3) is 5.69 Å². The molecule has 20 heavy (non-hydrogen) atoms. The molecule has 7 heteroatoms. The molecule has 2 aromatic rings. The van der Waals surface area contributed by atoms with Crippen LogP contribution in [0.15, 0.2) is 30.3 Å². The summed E-state index contributed by atoms with van der Waals surface area (Å²) in [6.45, 7) is 1.81. The molecule has 2 N–H and O–H groups in total. The fourth-order valence-electron chi connectivity index (χ4n) is 1.70. The molecule has 0 spiro atoms. The zero-order valence-electron chi connectivity index (χ0n) is 11.3. The van der Waals surface area contributed by atoms with Crippen molar-refractivity contribution in [3.63, 3.8) is 0 Å². The van der Waals surface area contributed by atoms with Crippen molar-refractivity contribution in [1.82, 2.24) is 25.5 Å². The van der Waals surface area contributed by atoms with Crippen molar-refractivity contribution in [2.24, 2.45) is 0 Å². The maximum absolute atomic E-state index is 8.68. The zero-order chi connectivity index (χ0) is 14.0. The van der Waals surface area contributed by atoms with Crippen LogP contribution in [0.4, 0.5) is 0 Å². The van der Waals surface area contributed by atoms with Crippen molar-refractivity contribution < 1.29 is 5.11 Å². The van der Waals surface area contributed by atoms with E-state index in [9.17, 15) is 0 Å². The second-order valence-corrected chi connectivity index (χ2v) is 5.43. The van der Waals surface area contributed by atoms with Crippen molar-refractivity contribution in [3.05, 3.63) is 36.2 Å². The lowest BCUT2D eigenvalue weighted by atomic mass is 10.3. The Kier molecular flexibility index (Phi) is 6.49. The number of para-hydroxylation sites is 1. The van der Waals surface area contributed by atoms with E-state index in [4.69, 9.17) is 5.11 Å². The van der Waals surface area contributed by atoms with Gasteiger partial charge in [0.05, 0.1) is 12.2 Å². The number of aromatic nitrogens is 4. The highest BCUT2D eigenvalue weighted by molar-refractivity contribution is 7.99. The van der Waals surface area contributed by atoms with E-state index in [1.165, 1.54) is 0 Å². The molecule has 0 atom stereocenters. The molecule has 0 amide bonds. The molecule has 1 aromatic heterocycles. The first-order chi connectivity index (χ1) is 9.92. The molecule has 108 valence electrons. The molecule has 1 heterocycles. The molecule has 1 aromatic carbocycles. The molecule has 0 fully saturated rings. The highest BCUT2D eigenvalue weighted by atomic mass is 32.2. The van der Waals surface area contributed by atoms with Gasteiger partial charge in [0.25, 0.3) is 0 Å². The molecule has 0 radical (unpaired) electrons. The molecule has 0 bridgehead atoms. The van der Waals surface area contributed by atoms with Gasteiger partial charge in [0.15, 0.2) is 5.82 Å². The average molecular weight is 293 g/mol. The Morgan fingerprint density at radius 1 is 1.20 bits per heavy atom. The van der Waals surface area contributed by atoms with Gasteiger partial charge in [0.1, 0.15) is 0 Å². The van der Waals surface area contributed by atoms with E-state index in [1.807, 2.05) is 42.1 Å². The smallest absolute Gasteiger partial charge is 0.170 e.